The summed E-state index contributed by atoms with van der Waals surface area (Å²) in [6, 6.07) is 0.751. The highest BCUT2D eigenvalue weighted by Gasteiger charge is 2.63. The zero-order chi connectivity index (χ0) is 30.0. The number of phenolic OH excluding ortho intramolecular Hbond substituents is 1. The third-order valence-corrected chi connectivity index (χ3v) is 8.23. The molecule has 0 unspecified atom stereocenters. The average molecular weight is 558 g/mol. The van der Waals surface area contributed by atoms with E-state index in [1.807, 2.05) is 32.8 Å². The molecule has 0 saturated carbocycles. The molecule has 4 rings (SSSR count). The Bertz CT molecular complexity index is 1350. The van der Waals surface area contributed by atoms with E-state index < -0.39 is 58.0 Å². The summed E-state index contributed by atoms with van der Waals surface area (Å²) in [6.45, 7) is 4.70. The van der Waals surface area contributed by atoms with Crippen molar-refractivity contribution in [3.63, 3.8) is 0 Å². The number of Topliss-reactive ketones (excluding diaryl/α,β-unsaturated/α-hetero) is 2. The summed E-state index contributed by atoms with van der Waals surface area (Å²) in [4.78, 5) is 43.0. The number of primary amides is 1. The van der Waals surface area contributed by atoms with Crippen LogP contribution in [0.15, 0.2) is 28.7 Å². The molecule has 0 heterocycles. The van der Waals surface area contributed by atoms with Crippen LogP contribution < -0.4 is 16.5 Å². The number of likely N-dealkylation sites (N-methyl/N-ethyl adjacent to an activating group) is 1. The van der Waals surface area contributed by atoms with E-state index in [2.05, 4.69) is 0 Å². The van der Waals surface area contributed by atoms with Gasteiger partial charge in [0, 0.05) is 49.9 Å². The number of benzene rings is 1. The highest BCUT2D eigenvalue weighted by molar-refractivity contribution is 6.24. The topological polar surface area (TPSA) is 194 Å². The van der Waals surface area contributed by atoms with Gasteiger partial charge in [-0.25, -0.2) is 5.01 Å². The van der Waals surface area contributed by atoms with Crippen molar-refractivity contribution in [2.24, 2.45) is 29.3 Å². The second kappa shape index (κ2) is 10.2. The molecule has 218 valence electrons. The zero-order valence-electron chi connectivity index (χ0n) is 23.7. The summed E-state index contributed by atoms with van der Waals surface area (Å²) >= 11 is 0. The molecule has 3 aliphatic carbocycles. The summed E-state index contributed by atoms with van der Waals surface area (Å²) in [5.41, 5.74) is 3.33. The first kappa shape index (κ1) is 29.5. The molecule has 0 bridgehead atoms. The van der Waals surface area contributed by atoms with Crippen LogP contribution in [0.1, 0.15) is 41.8 Å². The van der Waals surface area contributed by atoms with Gasteiger partial charge >= 0.3 is 0 Å². The van der Waals surface area contributed by atoms with Crippen LogP contribution in [0.5, 0.6) is 5.75 Å². The van der Waals surface area contributed by atoms with Gasteiger partial charge in [-0.15, -0.1) is 0 Å². The number of carbonyl (C=O) groups excluding carboxylic acids is 3. The van der Waals surface area contributed by atoms with Crippen LogP contribution in [0.3, 0.4) is 0 Å². The van der Waals surface area contributed by atoms with Gasteiger partial charge in [0.25, 0.3) is 5.91 Å². The second-order valence-electron chi connectivity index (χ2n) is 11.9. The molecule has 0 aromatic heterocycles. The summed E-state index contributed by atoms with van der Waals surface area (Å²) in [6.07, 6.45) is 0.250. The molecular weight excluding hydrogens is 518 g/mol. The monoisotopic (exact) mass is 557 g/mol. The Morgan fingerprint density at radius 2 is 1.77 bits per heavy atom. The predicted molar refractivity (Wildman–Crippen MR) is 147 cm³/mol. The zero-order valence-corrected chi connectivity index (χ0v) is 23.7. The van der Waals surface area contributed by atoms with Gasteiger partial charge in [-0.05, 0) is 50.4 Å². The fraction of sp³-hybridized carbons (Fsp3) is 0.536. The number of hydrazine groups is 1. The normalized spacial score (nSPS) is 26.4. The third kappa shape index (κ3) is 4.35. The van der Waals surface area contributed by atoms with E-state index >= 15 is 0 Å². The summed E-state index contributed by atoms with van der Waals surface area (Å²) < 4.78 is 0. The number of ketones is 2. The second-order valence-corrected chi connectivity index (χ2v) is 11.9. The molecule has 1 amide bonds. The molecule has 0 fully saturated rings. The highest BCUT2D eigenvalue weighted by atomic mass is 16.3. The minimum atomic E-state index is -2.67. The molecule has 0 aliphatic heterocycles. The Balaban J connectivity index is 1.92. The van der Waals surface area contributed by atoms with Crippen LogP contribution in [-0.2, 0) is 22.6 Å². The van der Waals surface area contributed by atoms with Gasteiger partial charge < -0.3 is 31.1 Å². The van der Waals surface area contributed by atoms with Crippen molar-refractivity contribution >= 4 is 23.2 Å². The first-order chi connectivity index (χ1) is 18.5. The van der Waals surface area contributed by atoms with Crippen LogP contribution in [0.2, 0.25) is 0 Å². The van der Waals surface area contributed by atoms with Gasteiger partial charge in [-0.3, -0.25) is 25.1 Å². The molecule has 12 nitrogen and oxygen atoms in total. The number of allylic oxidation sites excluding steroid dienone is 1. The lowest BCUT2D eigenvalue weighted by molar-refractivity contribution is -0.148. The van der Waals surface area contributed by atoms with Crippen molar-refractivity contribution in [3.05, 3.63) is 45.4 Å². The maximum absolute atomic E-state index is 14.1. The maximum Gasteiger partial charge on any atom is 0.255 e. The molecule has 0 saturated heterocycles. The van der Waals surface area contributed by atoms with Crippen molar-refractivity contribution in [2.75, 3.05) is 39.6 Å². The first-order valence-electron chi connectivity index (χ1n) is 13.2. The quantitative estimate of drug-likeness (QED) is 0.155. The number of rotatable bonds is 7. The molecule has 1 aromatic rings. The Morgan fingerprint density at radius 1 is 1.15 bits per heavy atom. The number of aliphatic hydroxyl groups is 3. The van der Waals surface area contributed by atoms with Gasteiger partial charge in [-0.2, -0.15) is 0 Å². The molecule has 12 heteroatoms. The van der Waals surface area contributed by atoms with Crippen molar-refractivity contribution in [2.45, 2.75) is 44.9 Å². The average Bonchev–Trinajstić information content (AvgIpc) is 2.81. The Labute approximate surface area is 233 Å². The van der Waals surface area contributed by atoms with Gasteiger partial charge in [-0.1, -0.05) is 13.8 Å². The van der Waals surface area contributed by atoms with Crippen LogP contribution in [-0.4, -0.2) is 94.2 Å². The highest BCUT2D eigenvalue weighted by Crippen LogP contribution is 2.53. The number of nitrogens with two attached hydrogens (primary N) is 2. The lowest BCUT2D eigenvalue weighted by atomic mass is 9.58. The molecule has 40 heavy (non-hydrogen) atoms. The number of phenols is 1. The van der Waals surface area contributed by atoms with E-state index in [1.165, 1.54) is 4.90 Å². The van der Waals surface area contributed by atoms with E-state index in [0.717, 1.165) is 0 Å². The number of amides is 1. The molecular formula is C28H39N5O7. The Kier molecular flexibility index (Phi) is 7.52. The van der Waals surface area contributed by atoms with E-state index in [9.17, 15) is 34.8 Å². The van der Waals surface area contributed by atoms with Crippen molar-refractivity contribution in [1.82, 2.24) is 9.91 Å². The van der Waals surface area contributed by atoms with Gasteiger partial charge in [0.2, 0.25) is 5.78 Å². The predicted octanol–water partition coefficient (Wildman–Crippen LogP) is 0.518. The third-order valence-electron chi connectivity index (χ3n) is 8.23. The minimum Gasteiger partial charge on any atom is -0.510 e. The summed E-state index contributed by atoms with van der Waals surface area (Å²) in [5, 5.41) is 47.0. The molecule has 0 spiro atoms. The van der Waals surface area contributed by atoms with E-state index in [1.54, 1.807) is 25.2 Å². The summed E-state index contributed by atoms with van der Waals surface area (Å²) in [7, 11) is 6.82. The van der Waals surface area contributed by atoms with Crippen LogP contribution in [0.4, 0.5) is 5.69 Å². The number of hydrogen-bond donors (Lipinski definition) is 6. The lowest BCUT2D eigenvalue weighted by Gasteiger charge is -2.50. The number of hydrogen-bond acceptors (Lipinski definition) is 11. The number of aromatic hydroxyl groups is 1. The number of aliphatic hydroxyl groups excluding tert-OH is 2. The fourth-order valence-electron chi connectivity index (χ4n) is 6.62. The molecule has 4 atom stereocenters. The molecule has 0 radical (unpaired) electrons. The van der Waals surface area contributed by atoms with Crippen molar-refractivity contribution in [3.8, 4) is 5.75 Å². The van der Waals surface area contributed by atoms with Gasteiger partial charge in [0.15, 0.2) is 11.4 Å². The number of nitrogens with zero attached hydrogens (tertiary/aromatic N) is 3. The Hall–Kier alpha value is -3.45. The first-order valence-corrected chi connectivity index (χ1v) is 13.2. The molecule has 8 N–H and O–H groups in total. The number of carbonyl (C=O) groups is 3. The number of anilines is 1. The largest absolute Gasteiger partial charge is 0.510 e. The Morgan fingerprint density at radius 3 is 2.30 bits per heavy atom. The lowest BCUT2D eigenvalue weighted by Crippen LogP contribution is -2.63. The SMILES string of the molecule is CC(C)CN(N)Cc1cc(N(C)C)c2c(c1O)C(=O)C1=C(O)[C@]3(O)C(=O)C(C(N)=O)=C(O)[C@H](N(C)C)[C@@H]3C[C@@H]1C2. The van der Waals surface area contributed by atoms with Crippen molar-refractivity contribution in [1.29, 1.82) is 0 Å². The van der Waals surface area contributed by atoms with Gasteiger partial charge in [0.1, 0.15) is 22.8 Å². The maximum atomic E-state index is 14.1. The standard InChI is InChI=1S/C28H39N5O7/c1-12(2)10-33(30)11-14-9-17(31(3)4)15-7-13-8-16-21(32(5)6)24(36)20(27(29)39)26(38)28(16,40)25(37)18(13)23(35)19(15)22(14)34/h9,12-13,16,21,34,36-37,40H,7-8,10-11,30H2,1-6H3,(H2,29,39)/t13-,16-,21+,28-/m0/s1. The molecule has 1 aromatic carbocycles. The smallest absolute Gasteiger partial charge is 0.255 e. The minimum absolute atomic E-state index is 0.0278. The van der Waals surface area contributed by atoms with Crippen LogP contribution >= 0.6 is 0 Å². The van der Waals surface area contributed by atoms with E-state index in [-0.39, 0.29) is 42.2 Å². The number of fused-ring (bicyclic) bond motifs is 3. The summed E-state index contributed by atoms with van der Waals surface area (Å²) in [5.74, 6) is -0.288. The van der Waals surface area contributed by atoms with Gasteiger partial charge in [0.05, 0.1) is 11.6 Å². The molecule has 3 aliphatic rings. The van der Waals surface area contributed by atoms with Crippen LogP contribution in [0, 0.1) is 17.8 Å². The fourth-order valence-corrected chi connectivity index (χ4v) is 6.62. The van der Waals surface area contributed by atoms with E-state index in [4.69, 9.17) is 11.6 Å². The van der Waals surface area contributed by atoms with Crippen molar-refractivity contribution < 1.29 is 34.8 Å². The van der Waals surface area contributed by atoms with E-state index in [0.29, 0.717) is 23.4 Å². The van der Waals surface area contributed by atoms with Crippen LogP contribution in [0.25, 0.3) is 0 Å².